The van der Waals surface area contributed by atoms with Crippen molar-refractivity contribution in [3.63, 3.8) is 0 Å². The second-order valence-corrected chi connectivity index (χ2v) is 4.26. The van der Waals surface area contributed by atoms with Gasteiger partial charge < -0.3 is 4.74 Å². The van der Waals surface area contributed by atoms with Gasteiger partial charge in [-0.25, -0.2) is 0 Å². The zero-order chi connectivity index (χ0) is 14.3. The largest absolute Gasteiger partial charge is 0.397 e. The summed E-state index contributed by atoms with van der Waals surface area (Å²) < 4.78 is 66.0. The number of carbonyl (C=O) groups is 1. The summed E-state index contributed by atoms with van der Waals surface area (Å²) in [5.74, 6) is -0.711. The first-order valence-corrected chi connectivity index (χ1v) is 5.42. The Morgan fingerprint density at radius 3 is 2.37 bits per heavy atom. The van der Waals surface area contributed by atoms with Crippen molar-refractivity contribution in [3.05, 3.63) is 35.4 Å². The SMILES string of the molecule is O=C1c2ccccc2CC1OC(F)(F)CC(F)(F)F. The third-order valence-electron chi connectivity index (χ3n) is 2.70. The summed E-state index contributed by atoms with van der Waals surface area (Å²) in [5, 5.41) is 0. The summed E-state index contributed by atoms with van der Waals surface area (Å²) in [7, 11) is 0. The molecule has 2 rings (SSSR count). The Kier molecular flexibility index (Phi) is 3.34. The lowest BCUT2D eigenvalue weighted by molar-refractivity contribution is -0.301. The van der Waals surface area contributed by atoms with Crippen molar-refractivity contribution < 1.29 is 31.5 Å². The molecule has 1 aromatic rings. The fourth-order valence-electron chi connectivity index (χ4n) is 1.98. The zero-order valence-corrected chi connectivity index (χ0v) is 9.51. The van der Waals surface area contributed by atoms with Crippen LogP contribution in [0.5, 0.6) is 0 Å². The highest BCUT2D eigenvalue weighted by atomic mass is 19.4. The number of hydrogen-bond donors (Lipinski definition) is 0. The van der Waals surface area contributed by atoms with Crippen molar-refractivity contribution in [1.82, 2.24) is 0 Å². The van der Waals surface area contributed by atoms with E-state index in [4.69, 9.17) is 0 Å². The van der Waals surface area contributed by atoms with Crippen LogP contribution in [0.3, 0.4) is 0 Å². The molecule has 1 atom stereocenters. The second-order valence-electron chi connectivity index (χ2n) is 4.26. The molecule has 0 fully saturated rings. The van der Waals surface area contributed by atoms with Gasteiger partial charge in [0, 0.05) is 12.0 Å². The van der Waals surface area contributed by atoms with E-state index in [1.165, 1.54) is 6.07 Å². The number of ketones is 1. The highest BCUT2D eigenvalue weighted by Gasteiger charge is 2.48. The summed E-state index contributed by atoms with van der Waals surface area (Å²) in [6, 6.07) is 6.15. The molecule has 2 nitrogen and oxygen atoms in total. The normalized spacial score (nSPS) is 19.6. The number of halogens is 5. The number of alkyl halides is 5. The van der Waals surface area contributed by atoms with Crippen molar-refractivity contribution in [2.75, 3.05) is 0 Å². The minimum atomic E-state index is -5.06. The number of fused-ring (bicyclic) bond motifs is 1. The monoisotopic (exact) mass is 280 g/mol. The van der Waals surface area contributed by atoms with Gasteiger partial charge in [0.2, 0.25) is 0 Å². The van der Waals surface area contributed by atoms with Crippen LogP contribution in [0.2, 0.25) is 0 Å². The molecule has 104 valence electrons. The Morgan fingerprint density at radius 1 is 1.16 bits per heavy atom. The van der Waals surface area contributed by atoms with E-state index in [2.05, 4.69) is 4.74 Å². The van der Waals surface area contributed by atoms with E-state index < -0.39 is 30.6 Å². The van der Waals surface area contributed by atoms with Crippen LogP contribution in [-0.2, 0) is 11.2 Å². The molecule has 0 radical (unpaired) electrons. The fraction of sp³-hybridized carbons (Fsp3) is 0.417. The molecule has 1 aliphatic carbocycles. The van der Waals surface area contributed by atoms with E-state index >= 15 is 0 Å². The highest BCUT2D eigenvalue weighted by Crippen LogP contribution is 2.35. The van der Waals surface area contributed by atoms with Gasteiger partial charge in [-0.15, -0.1) is 0 Å². The van der Waals surface area contributed by atoms with Gasteiger partial charge in [0.15, 0.2) is 5.78 Å². The zero-order valence-electron chi connectivity index (χ0n) is 9.51. The maximum absolute atomic E-state index is 13.1. The minimum absolute atomic E-state index is 0.136. The first kappa shape index (κ1) is 13.9. The van der Waals surface area contributed by atoms with Gasteiger partial charge >= 0.3 is 12.3 Å². The smallest absolute Gasteiger partial charge is 0.308 e. The molecule has 0 aliphatic heterocycles. The van der Waals surface area contributed by atoms with E-state index in [1.807, 2.05) is 0 Å². The first-order chi connectivity index (χ1) is 8.68. The maximum atomic E-state index is 13.1. The number of carbonyl (C=O) groups excluding carboxylic acids is 1. The quantitative estimate of drug-likeness (QED) is 0.794. The average molecular weight is 280 g/mol. The van der Waals surface area contributed by atoms with Crippen LogP contribution in [0, 0.1) is 0 Å². The van der Waals surface area contributed by atoms with E-state index in [0.717, 1.165) is 0 Å². The highest BCUT2D eigenvalue weighted by molar-refractivity contribution is 6.03. The van der Waals surface area contributed by atoms with Gasteiger partial charge in [-0.1, -0.05) is 24.3 Å². The first-order valence-electron chi connectivity index (χ1n) is 5.42. The molecule has 0 bridgehead atoms. The van der Waals surface area contributed by atoms with Crippen molar-refractivity contribution in [3.8, 4) is 0 Å². The van der Waals surface area contributed by atoms with Crippen LogP contribution in [0.4, 0.5) is 22.0 Å². The Labute approximate surface area is 105 Å². The third-order valence-corrected chi connectivity index (χ3v) is 2.70. The molecule has 0 saturated heterocycles. The summed E-state index contributed by atoms with van der Waals surface area (Å²) in [6.07, 6.45) is -13.6. The predicted molar refractivity (Wildman–Crippen MR) is 55.0 cm³/mol. The van der Waals surface area contributed by atoms with Crippen LogP contribution in [-0.4, -0.2) is 24.2 Å². The Bertz CT molecular complexity index is 495. The Morgan fingerprint density at radius 2 is 1.79 bits per heavy atom. The van der Waals surface area contributed by atoms with Crippen molar-refractivity contribution in [2.24, 2.45) is 0 Å². The Hall–Kier alpha value is -1.50. The molecule has 1 unspecified atom stereocenters. The topological polar surface area (TPSA) is 26.3 Å². The van der Waals surface area contributed by atoms with E-state index in [9.17, 15) is 26.7 Å². The fourth-order valence-corrected chi connectivity index (χ4v) is 1.98. The standard InChI is InChI=1S/C12H9F5O2/c13-11(14,15)6-12(16,17)19-9-5-7-3-1-2-4-8(7)10(9)18/h1-4,9H,5-6H2. The van der Waals surface area contributed by atoms with E-state index in [0.29, 0.717) is 5.56 Å². The maximum Gasteiger partial charge on any atom is 0.397 e. The molecule has 0 heterocycles. The van der Waals surface area contributed by atoms with Crippen molar-refractivity contribution in [1.29, 1.82) is 0 Å². The van der Waals surface area contributed by atoms with Crippen LogP contribution in [0.15, 0.2) is 24.3 Å². The Balaban J connectivity index is 2.09. The number of Topliss-reactive ketones (excluding diaryl/α,β-unsaturated/α-hetero) is 1. The molecule has 0 spiro atoms. The number of rotatable bonds is 3. The molecule has 1 aromatic carbocycles. The number of hydrogen-bond acceptors (Lipinski definition) is 2. The lowest BCUT2D eigenvalue weighted by Gasteiger charge is -2.21. The van der Waals surface area contributed by atoms with Gasteiger partial charge in [0.25, 0.3) is 0 Å². The van der Waals surface area contributed by atoms with Gasteiger partial charge in [-0.3, -0.25) is 4.79 Å². The number of benzene rings is 1. The number of ether oxygens (including phenoxy) is 1. The van der Waals surface area contributed by atoms with Crippen molar-refractivity contribution in [2.45, 2.75) is 31.2 Å². The van der Waals surface area contributed by atoms with Gasteiger partial charge in [0.1, 0.15) is 12.5 Å². The van der Waals surface area contributed by atoms with Crippen LogP contribution in [0.1, 0.15) is 22.3 Å². The van der Waals surface area contributed by atoms with Gasteiger partial charge in [-0.05, 0) is 5.56 Å². The molecular formula is C12H9F5O2. The van der Waals surface area contributed by atoms with Crippen LogP contribution < -0.4 is 0 Å². The third kappa shape index (κ3) is 3.28. The summed E-state index contributed by atoms with van der Waals surface area (Å²) in [5.41, 5.74) is 0.718. The predicted octanol–water partition coefficient (Wildman–Crippen LogP) is 3.36. The molecule has 0 amide bonds. The molecule has 19 heavy (non-hydrogen) atoms. The summed E-state index contributed by atoms with van der Waals surface area (Å²) in [6.45, 7) is 0. The average Bonchev–Trinajstić information content (AvgIpc) is 2.52. The molecule has 7 heteroatoms. The van der Waals surface area contributed by atoms with E-state index in [1.54, 1.807) is 18.2 Å². The molecule has 1 aliphatic rings. The molecular weight excluding hydrogens is 271 g/mol. The lowest BCUT2D eigenvalue weighted by Crippen LogP contribution is -2.35. The van der Waals surface area contributed by atoms with Crippen LogP contribution in [0.25, 0.3) is 0 Å². The summed E-state index contributed by atoms with van der Waals surface area (Å²) in [4.78, 5) is 11.7. The minimum Gasteiger partial charge on any atom is -0.308 e. The molecule has 0 saturated carbocycles. The van der Waals surface area contributed by atoms with Crippen molar-refractivity contribution >= 4 is 5.78 Å². The summed E-state index contributed by atoms with van der Waals surface area (Å²) >= 11 is 0. The van der Waals surface area contributed by atoms with Gasteiger partial charge in [0.05, 0.1) is 0 Å². The van der Waals surface area contributed by atoms with Gasteiger partial charge in [-0.2, -0.15) is 22.0 Å². The molecule has 0 N–H and O–H groups in total. The molecule has 0 aromatic heterocycles. The second kappa shape index (κ2) is 4.56. The van der Waals surface area contributed by atoms with Crippen LogP contribution >= 0.6 is 0 Å². The lowest BCUT2D eigenvalue weighted by atomic mass is 10.1. The van der Waals surface area contributed by atoms with E-state index in [-0.39, 0.29) is 12.0 Å².